The lowest BCUT2D eigenvalue weighted by atomic mass is 9.95. The Balaban J connectivity index is 3.23. The Morgan fingerprint density at radius 2 is 1.64 bits per heavy atom. The van der Waals surface area contributed by atoms with Gasteiger partial charge in [-0.25, -0.2) is 4.39 Å². The van der Waals surface area contributed by atoms with Crippen LogP contribution in [0.2, 0.25) is 0 Å². The highest BCUT2D eigenvalue weighted by Crippen LogP contribution is 2.39. The third-order valence-corrected chi connectivity index (χ3v) is 1.95. The van der Waals surface area contributed by atoms with Crippen molar-refractivity contribution in [2.24, 2.45) is 0 Å². The van der Waals surface area contributed by atoms with Gasteiger partial charge in [0.1, 0.15) is 5.82 Å². The average molecular weight is 208 g/mol. The quantitative estimate of drug-likeness (QED) is 0.703. The maximum absolute atomic E-state index is 13.0. The summed E-state index contributed by atoms with van der Waals surface area (Å²) in [5.41, 5.74) is -3.93. The molecule has 0 radical (unpaired) electrons. The summed E-state index contributed by atoms with van der Waals surface area (Å²) in [6.45, 7) is 0.519. The van der Waals surface area contributed by atoms with Crippen molar-refractivity contribution in [3.63, 3.8) is 0 Å². The Morgan fingerprint density at radius 3 is 2.07 bits per heavy atom. The monoisotopic (exact) mass is 208 g/mol. The lowest BCUT2D eigenvalue weighted by molar-refractivity contribution is -0.259. The van der Waals surface area contributed by atoms with Crippen molar-refractivity contribution in [3.8, 4) is 0 Å². The minimum atomic E-state index is -4.89. The van der Waals surface area contributed by atoms with E-state index in [1.54, 1.807) is 0 Å². The zero-order valence-electron chi connectivity index (χ0n) is 7.27. The molecule has 1 N–H and O–H groups in total. The van der Waals surface area contributed by atoms with Crippen LogP contribution >= 0.6 is 0 Å². The third-order valence-electron chi connectivity index (χ3n) is 1.95. The smallest absolute Gasteiger partial charge is 0.376 e. The van der Waals surface area contributed by atoms with Gasteiger partial charge in [-0.05, 0) is 13.0 Å². The SMILES string of the molecule is C[C@](O)(c1ccccc1F)C(F)(F)F. The normalized spacial score (nSPS) is 16.4. The molecule has 0 heterocycles. The summed E-state index contributed by atoms with van der Waals surface area (Å²) in [6, 6.07) is 4.27. The van der Waals surface area contributed by atoms with Crippen LogP contribution in [0.1, 0.15) is 12.5 Å². The van der Waals surface area contributed by atoms with Crippen molar-refractivity contribution < 1.29 is 22.7 Å². The van der Waals surface area contributed by atoms with Gasteiger partial charge >= 0.3 is 6.18 Å². The average Bonchev–Trinajstić information content (AvgIpc) is 2.02. The fourth-order valence-corrected chi connectivity index (χ4v) is 1.01. The molecule has 1 aromatic carbocycles. The highest BCUT2D eigenvalue weighted by molar-refractivity contribution is 5.25. The molecule has 0 unspecified atom stereocenters. The van der Waals surface area contributed by atoms with Gasteiger partial charge in [0.2, 0.25) is 0 Å². The van der Waals surface area contributed by atoms with E-state index in [2.05, 4.69) is 0 Å². The Kier molecular flexibility index (Phi) is 2.54. The Bertz CT molecular complexity index is 330. The summed E-state index contributed by atoms with van der Waals surface area (Å²) >= 11 is 0. The molecule has 5 heteroatoms. The number of hydrogen-bond donors (Lipinski definition) is 1. The van der Waals surface area contributed by atoms with E-state index in [-0.39, 0.29) is 0 Å². The van der Waals surface area contributed by atoms with Crippen LogP contribution in [-0.4, -0.2) is 11.3 Å². The lowest BCUT2D eigenvalue weighted by Crippen LogP contribution is -2.39. The van der Waals surface area contributed by atoms with Crippen molar-refractivity contribution >= 4 is 0 Å². The standard InChI is InChI=1S/C9H8F4O/c1-8(14,9(11,12)13)6-4-2-3-5-7(6)10/h2-5,14H,1H3/t8-/m0/s1. The maximum Gasteiger partial charge on any atom is 0.421 e. The van der Waals surface area contributed by atoms with Gasteiger partial charge in [0.05, 0.1) is 0 Å². The zero-order chi connectivity index (χ0) is 11.0. The topological polar surface area (TPSA) is 20.2 Å². The second-order valence-electron chi connectivity index (χ2n) is 3.05. The first-order valence-electron chi connectivity index (χ1n) is 3.81. The minimum Gasteiger partial charge on any atom is -0.376 e. The molecule has 0 aliphatic rings. The van der Waals surface area contributed by atoms with Crippen molar-refractivity contribution in [3.05, 3.63) is 35.6 Å². The van der Waals surface area contributed by atoms with Crippen LogP contribution in [0.5, 0.6) is 0 Å². The number of rotatable bonds is 1. The van der Waals surface area contributed by atoms with Gasteiger partial charge in [0, 0.05) is 5.56 Å². The highest BCUT2D eigenvalue weighted by atomic mass is 19.4. The highest BCUT2D eigenvalue weighted by Gasteiger charge is 2.52. The van der Waals surface area contributed by atoms with Gasteiger partial charge in [-0.2, -0.15) is 13.2 Å². The largest absolute Gasteiger partial charge is 0.421 e. The fourth-order valence-electron chi connectivity index (χ4n) is 1.01. The molecule has 1 atom stereocenters. The second-order valence-corrected chi connectivity index (χ2v) is 3.05. The lowest BCUT2D eigenvalue weighted by Gasteiger charge is -2.26. The molecule has 0 aliphatic carbocycles. The van der Waals surface area contributed by atoms with Gasteiger partial charge in [0.25, 0.3) is 0 Å². The van der Waals surface area contributed by atoms with Gasteiger partial charge in [-0.3, -0.25) is 0 Å². The molecule has 0 aliphatic heterocycles. The summed E-state index contributed by atoms with van der Waals surface area (Å²) < 4.78 is 49.8. The van der Waals surface area contributed by atoms with E-state index in [0.29, 0.717) is 6.92 Å². The molecule has 78 valence electrons. The van der Waals surface area contributed by atoms with E-state index >= 15 is 0 Å². The molecule has 0 aromatic heterocycles. The van der Waals surface area contributed by atoms with E-state index in [1.165, 1.54) is 12.1 Å². The van der Waals surface area contributed by atoms with E-state index in [0.717, 1.165) is 12.1 Å². The fraction of sp³-hybridized carbons (Fsp3) is 0.333. The predicted octanol–water partition coefficient (Wildman–Crippen LogP) is 2.60. The molecule has 1 nitrogen and oxygen atoms in total. The first-order valence-corrected chi connectivity index (χ1v) is 3.81. The molecule has 14 heavy (non-hydrogen) atoms. The number of alkyl halides is 3. The molecule has 1 aromatic rings. The number of halogens is 4. The van der Waals surface area contributed by atoms with Gasteiger partial charge < -0.3 is 5.11 Å². The molecule has 1 rings (SSSR count). The van der Waals surface area contributed by atoms with Crippen LogP contribution in [-0.2, 0) is 5.60 Å². The van der Waals surface area contributed by atoms with E-state index in [9.17, 15) is 17.6 Å². The summed E-state index contributed by atoms with van der Waals surface area (Å²) in [5.74, 6) is -1.07. The molecule has 0 saturated carbocycles. The molecule has 0 amide bonds. The van der Waals surface area contributed by atoms with Crippen LogP contribution < -0.4 is 0 Å². The van der Waals surface area contributed by atoms with Crippen molar-refractivity contribution in [1.82, 2.24) is 0 Å². The van der Waals surface area contributed by atoms with E-state index < -0.39 is 23.2 Å². The summed E-state index contributed by atoms with van der Waals surface area (Å²) in [5, 5.41) is 9.14. The van der Waals surface area contributed by atoms with E-state index in [4.69, 9.17) is 5.11 Å². The van der Waals surface area contributed by atoms with Crippen LogP contribution in [0, 0.1) is 5.82 Å². The Labute approximate surface area is 78.0 Å². The first kappa shape index (κ1) is 11.0. The third kappa shape index (κ3) is 1.72. The minimum absolute atomic E-state index is 0.519. The molecular weight excluding hydrogens is 200 g/mol. The van der Waals surface area contributed by atoms with Crippen LogP contribution in [0.3, 0.4) is 0 Å². The number of aliphatic hydroxyl groups is 1. The van der Waals surface area contributed by atoms with Crippen LogP contribution in [0.25, 0.3) is 0 Å². The van der Waals surface area contributed by atoms with Crippen LogP contribution in [0.4, 0.5) is 17.6 Å². The molecular formula is C9H8F4O. The van der Waals surface area contributed by atoms with Crippen molar-refractivity contribution in [2.45, 2.75) is 18.7 Å². The predicted molar refractivity (Wildman–Crippen MR) is 42.0 cm³/mol. The first-order chi connectivity index (χ1) is 6.27. The summed E-state index contributed by atoms with van der Waals surface area (Å²) in [4.78, 5) is 0. The van der Waals surface area contributed by atoms with E-state index in [1.807, 2.05) is 0 Å². The second kappa shape index (κ2) is 3.24. The molecule has 0 bridgehead atoms. The zero-order valence-corrected chi connectivity index (χ0v) is 7.27. The van der Waals surface area contributed by atoms with Gasteiger partial charge in [0.15, 0.2) is 5.60 Å². The van der Waals surface area contributed by atoms with Crippen molar-refractivity contribution in [2.75, 3.05) is 0 Å². The summed E-state index contributed by atoms with van der Waals surface area (Å²) in [7, 11) is 0. The van der Waals surface area contributed by atoms with Crippen molar-refractivity contribution in [1.29, 1.82) is 0 Å². The summed E-state index contributed by atoms with van der Waals surface area (Å²) in [6.07, 6.45) is -4.89. The number of hydrogen-bond acceptors (Lipinski definition) is 1. The Hall–Kier alpha value is -1.10. The maximum atomic E-state index is 13.0. The molecule has 0 saturated heterocycles. The molecule has 0 spiro atoms. The van der Waals surface area contributed by atoms with Gasteiger partial charge in [-0.15, -0.1) is 0 Å². The van der Waals surface area contributed by atoms with Crippen LogP contribution in [0.15, 0.2) is 24.3 Å². The van der Waals surface area contributed by atoms with Gasteiger partial charge in [-0.1, -0.05) is 18.2 Å². The number of benzene rings is 1. The Morgan fingerprint density at radius 1 is 1.14 bits per heavy atom. The molecule has 0 fully saturated rings.